The Morgan fingerprint density at radius 3 is 2.86 bits per heavy atom. The average Bonchev–Trinajstić information content (AvgIpc) is 2.76. The molecule has 0 aromatic carbocycles. The molecule has 0 saturated heterocycles. The second kappa shape index (κ2) is 3.71. The first-order valence-electron chi connectivity index (χ1n) is 4.01. The van der Waals surface area contributed by atoms with Crippen LogP contribution < -0.4 is 0 Å². The van der Waals surface area contributed by atoms with Gasteiger partial charge in [0.15, 0.2) is 0 Å². The summed E-state index contributed by atoms with van der Waals surface area (Å²) >= 11 is 4.87. The third kappa shape index (κ3) is 1.67. The van der Waals surface area contributed by atoms with Crippen LogP contribution in [0.15, 0.2) is 33.5 Å². The summed E-state index contributed by atoms with van der Waals surface area (Å²) < 4.78 is 5.85. The summed E-state index contributed by atoms with van der Waals surface area (Å²) in [6.45, 7) is 1.97. The maximum atomic E-state index is 11.8. The van der Waals surface area contributed by atoms with E-state index in [2.05, 4.69) is 15.9 Å². The minimum Gasteiger partial charge on any atom is -0.472 e. The maximum absolute atomic E-state index is 11.8. The molecule has 2 rings (SSSR count). The van der Waals surface area contributed by atoms with E-state index < -0.39 is 0 Å². The SMILES string of the molecule is Cc1sc(C(=O)c2ccoc2)cc1Br. The van der Waals surface area contributed by atoms with Gasteiger partial charge in [-0.1, -0.05) is 0 Å². The maximum Gasteiger partial charge on any atom is 0.206 e. The molecule has 2 nitrogen and oxygen atoms in total. The monoisotopic (exact) mass is 270 g/mol. The number of furan rings is 1. The summed E-state index contributed by atoms with van der Waals surface area (Å²) in [5.41, 5.74) is 0.596. The lowest BCUT2D eigenvalue weighted by molar-refractivity contribution is 0.104. The predicted octanol–water partition coefficient (Wildman–Crippen LogP) is 3.64. The van der Waals surface area contributed by atoms with Gasteiger partial charge in [0.25, 0.3) is 0 Å². The highest BCUT2D eigenvalue weighted by atomic mass is 79.9. The number of hydrogen-bond donors (Lipinski definition) is 0. The molecule has 0 aliphatic rings. The molecule has 0 fully saturated rings. The first-order valence-corrected chi connectivity index (χ1v) is 5.62. The van der Waals surface area contributed by atoms with Gasteiger partial charge in [-0.2, -0.15) is 0 Å². The Morgan fingerprint density at radius 2 is 2.36 bits per heavy atom. The zero-order valence-corrected chi connectivity index (χ0v) is 9.81. The number of carbonyl (C=O) groups excluding carboxylic acids is 1. The second-order valence-corrected chi connectivity index (χ2v) is 4.97. The molecule has 72 valence electrons. The van der Waals surface area contributed by atoms with Crippen LogP contribution in [-0.2, 0) is 0 Å². The van der Waals surface area contributed by atoms with Crippen molar-refractivity contribution in [2.75, 3.05) is 0 Å². The van der Waals surface area contributed by atoms with Crippen molar-refractivity contribution in [3.8, 4) is 0 Å². The van der Waals surface area contributed by atoms with Gasteiger partial charge >= 0.3 is 0 Å². The minimum atomic E-state index is 0.0116. The summed E-state index contributed by atoms with van der Waals surface area (Å²) in [6, 6.07) is 3.51. The van der Waals surface area contributed by atoms with Gasteiger partial charge < -0.3 is 4.42 Å². The number of halogens is 1. The van der Waals surface area contributed by atoms with Gasteiger partial charge in [-0.15, -0.1) is 11.3 Å². The van der Waals surface area contributed by atoms with Crippen LogP contribution in [0.4, 0.5) is 0 Å². The van der Waals surface area contributed by atoms with Gasteiger partial charge in [0.1, 0.15) is 6.26 Å². The van der Waals surface area contributed by atoms with Gasteiger partial charge in [0.2, 0.25) is 5.78 Å². The molecule has 0 aliphatic heterocycles. The summed E-state index contributed by atoms with van der Waals surface area (Å²) in [5.74, 6) is 0.0116. The van der Waals surface area contributed by atoms with E-state index in [1.165, 1.54) is 23.9 Å². The lowest BCUT2D eigenvalue weighted by atomic mass is 10.2. The third-order valence-electron chi connectivity index (χ3n) is 1.86. The predicted molar refractivity (Wildman–Crippen MR) is 58.9 cm³/mol. The van der Waals surface area contributed by atoms with E-state index in [1.54, 1.807) is 6.07 Å². The minimum absolute atomic E-state index is 0.0116. The highest BCUT2D eigenvalue weighted by Gasteiger charge is 2.13. The van der Waals surface area contributed by atoms with Crippen molar-refractivity contribution in [3.05, 3.63) is 44.4 Å². The Morgan fingerprint density at radius 1 is 1.57 bits per heavy atom. The van der Waals surface area contributed by atoms with Gasteiger partial charge in [-0.25, -0.2) is 0 Å². The zero-order chi connectivity index (χ0) is 10.1. The molecule has 0 amide bonds. The average molecular weight is 271 g/mol. The molecular formula is C10H7BrO2S. The van der Waals surface area contributed by atoms with Crippen LogP contribution >= 0.6 is 27.3 Å². The molecule has 0 radical (unpaired) electrons. The van der Waals surface area contributed by atoms with Crippen molar-refractivity contribution in [3.63, 3.8) is 0 Å². The molecule has 0 N–H and O–H groups in total. The first-order chi connectivity index (χ1) is 6.68. The fraction of sp³-hybridized carbons (Fsp3) is 0.100. The van der Waals surface area contributed by atoms with Crippen LogP contribution in [0.25, 0.3) is 0 Å². The summed E-state index contributed by atoms with van der Waals surface area (Å²) in [5, 5.41) is 0. The van der Waals surface area contributed by atoms with Crippen molar-refractivity contribution in [2.24, 2.45) is 0 Å². The van der Waals surface area contributed by atoms with Crippen LogP contribution in [0.2, 0.25) is 0 Å². The van der Waals surface area contributed by atoms with E-state index >= 15 is 0 Å². The Balaban J connectivity index is 2.37. The molecule has 0 atom stereocenters. The Kier molecular flexibility index (Phi) is 2.56. The number of rotatable bonds is 2. The number of carbonyl (C=O) groups is 1. The van der Waals surface area contributed by atoms with Crippen LogP contribution in [0.5, 0.6) is 0 Å². The molecule has 0 spiro atoms. The van der Waals surface area contributed by atoms with Gasteiger partial charge in [-0.3, -0.25) is 4.79 Å². The fourth-order valence-corrected chi connectivity index (χ4v) is 2.60. The number of aryl methyl sites for hydroxylation is 1. The molecule has 2 aromatic heterocycles. The Labute approximate surface area is 93.7 Å². The molecule has 4 heteroatoms. The molecule has 0 unspecified atom stereocenters. The van der Waals surface area contributed by atoms with Crippen molar-refractivity contribution >= 4 is 33.0 Å². The summed E-state index contributed by atoms with van der Waals surface area (Å²) in [6.07, 6.45) is 2.97. The van der Waals surface area contributed by atoms with Gasteiger partial charge in [0, 0.05) is 9.35 Å². The largest absolute Gasteiger partial charge is 0.472 e. The summed E-state index contributed by atoms with van der Waals surface area (Å²) in [7, 11) is 0. The van der Waals surface area contributed by atoms with E-state index in [1.807, 2.05) is 13.0 Å². The number of ketones is 1. The van der Waals surface area contributed by atoms with Crippen molar-refractivity contribution in [1.29, 1.82) is 0 Å². The highest BCUT2D eigenvalue weighted by Crippen LogP contribution is 2.28. The van der Waals surface area contributed by atoms with Crippen molar-refractivity contribution in [2.45, 2.75) is 6.92 Å². The van der Waals surface area contributed by atoms with E-state index in [0.717, 1.165) is 14.2 Å². The smallest absolute Gasteiger partial charge is 0.206 e. The molecule has 14 heavy (non-hydrogen) atoms. The fourth-order valence-electron chi connectivity index (χ4n) is 1.11. The molecule has 0 bridgehead atoms. The standard InChI is InChI=1S/C10H7BrO2S/c1-6-8(11)4-9(14-6)10(12)7-2-3-13-5-7/h2-5H,1H3. The molecule has 0 aliphatic carbocycles. The van der Waals surface area contributed by atoms with Crippen molar-refractivity contribution in [1.82, 2.24) is 0 Å². The lowest BCUT2D eigenvalue weighted by Crippen LogP contribution is -1.95. The van der Waals surface area contributed by atoms with Crippen LogP contribution in [0, 0.1) is 6.92 Å². The van der Waals surface area contributed by atoms with Crippen LogP contribution in [0.1, 0.15) is 20.1 Å². The third-order valence-corrected chi connectivity index (χ3v) is 4.00. The molecular weight excluding hydrogens is 264 g/mol. The topological polar surface area (TPSA) is 30.2 Å². The van der Waals surface area contributed by atoms with E-state index in [-0.39, 0.29) is 5.78 Å². The van der Waals surface area contributed by atoms with Gasteiger partial charge in [0.05, 0.1) is 16.7 Å². The van der Waals surface area contributed by atoms with Gasteiger partial charge in [-0.05, 0) is 35.0 Å². The van der Waals surface area contributed by atoms with E-state index in [4.69, 9.17) is 4.42 Å². The zero-order valence-electron chi connectivity index (χ0n) is 7.41. The normalized spacial score (nSPS) is 10.4. The second-order valence-electron chi connectivity index (χ2n) is 2.86. The quantitative estimate of drug-likeness (QED) is 0.780. The Bertz CT molecular complexity index is 437. The summed E-state index contributed by atoms with van der Waals surface area (Å²) in [4.78, 5) is 13.6. The van der Waals surface area contributed by atoms with E-state index in [9.17, 15) is 4.79 Å². The number of hydrogen-bond acceptors (Lipinski definition) is 3. The highest BCUT2D eigenvalue weighted by molar-refractivity contribution is 9.10. The van der Waals surface area contributed by atoms with Crippen LogP contribution in [0.3, 0.4) is 0 Å². The molecule has 0 saturated carbocycles. The van der Waals surface area contributed by atoms with Crippen LogP contribution in [-0.4, -0.2) is 5.78 Å². The van der Waals surface area contributed by atoms with Crippen molar-refractivity contribution < 1.29 is 9.21 Å². The molecule has 2 aromatic rings. The Hall–Kier alpha value is -0.870. The molecule has 2 heterocycles. The van der Waals surface area contributed by atoms with E-state index in [0.29, 0.717) is 5.56 Å². The lowest BCUT2D eigenvalue weighted by Gasteiger charge is -1.89. The number of thiophene rings is 1. The first kappa shape index (κ1) is 9.68.